The fourth-order valence-electron chi connectivity index (χ4n) is 1.61. The molecule has 2 rings (SSSR count). The van der Waals surface area contributed by atoms with Gasteiger partial charge in [-0.15, -0.1) is 0 Å². The minimum atomic E-state index is -0.463. The molecule has 0 bridgehead atoms. The van der Waals surface area contributed by atoms with Crippen LogP contribution >= 0.6 is 0 Å². The van der Waals surface area contributed by atoms with Crippen LogP contribution in [0.15, 0.2) is 24.3 Å². The van der Waals surface area contributed by atoms with Crippen LogP contribution in [0.4, 0.5) is 0 Å². The third kappa shape index (κ3) is 2.52. The first-order chi connectivity index (χ1) is 7.68. The number of para-hydroxylation sites is 1. The van der Waals surface area contributed by atoms with Gasteiger partial charge in [0.15, 0.2) is 0 Å². The molecule has 1 atom stereocenters. The van der Waals surface area contributed by atoms with E-state index in [9.17, 15) is 15.0 Å². The summed E-state index contributed by atoms with van der Waals surface area (Å²) in [4.78, 5) is 11.6. The van der Waals surface area contributed by atoms with Crippen LogP contribution in [0.25, 0.3) is 0 Å². The number of nitrogens with one attached hydrogen (secondary N) is 1. The Bertz CT molecular complexity index is 388. The molecule has 16 heavy (non-hydrogen) atoms. The van der Waals surface area contributed by atoms with Crippen molar-refractivity contribution in [2.45, 2.75) is 18.9 Å². The molecule has 0 aromatic heterocycles. The molecule has 0 radical (unpaired) electrons. The van der Waals surface area contributed by atoms with Crippen molar-refractivity contribution in [1.29, 1.82) is 0 Å². The van der Waals surface area contributed by atoms with Gasteiger partial charge in [-0.1, -0.05) is 12.1 Å². The van der Waals surface area contributed by atoms with E-state index in [0.717, 1.165) is 12.8 Å². The van der Waals surface area contributed by atoms with Crippen molar-refractivity contribution in [2.24, 2.45) is 5.92 Å². The van der Waals surface area contributed by atoms with Crippen molar-refractivity contribution in [3.63, 3.8) is 0 Å². The predicted octanol–water partition coefficient (Wildman–Crippen LogP) is 0.893. The number of hydrogen-bond acceptors (Lipinski definition) is 3. The van der Waals surface area contributed by atoms with Crippen LogP contribution in [0.3, 0.4) is 0 Å². The van der Waals surface area contributed by atoms with Gasteiger partial charge >= 0.3 is 0 Å². The van der Waals surface area contributed by atoms with Crippen molar-refractivity contribution in [1.82, 2.24) is 5.32 Å². The summed E-state index contributed by atoms with van der Waals surface area (Å²) in [6.45, 7) is 0.248. The first-order valence-electron chi connectivity index (χ1n) is 5.42. The topological polar surface area (TPSA) is 69.6 Å². The number of rotatable bonds is 4. The van der Waals surface area contributed by atoms with Crippen molar-refractivity contribution in [2.75, 3.05) is 6.54 Å². The molecule has 1 aliphatic rings. The molecule has 1 aliphatic carbocycles. The van der Waals surface area contributed by atoms with Gasteiger partial charge in [-0.3, -0.25) is 4.79 Å². The number of amides is 1. The molecule has 0 heterocycles. The molecule has 0 aliphatic heterocycles. The van der Waals surface area contributed by atoms with Crippen molar-refractivity contribution < 1.29 is 15.0 Å². The lowest BCUT2D eigenvalue weighted by molar-refractivity contribution is 0.0898. The summed E-state index contributed by atoms with van der Waals surface area (Å²) in [7, 11) is 0. The second-order valence-electron chi connectivity index (χ2n) is 4.13. The molecule has 1 amide bonds. The fraction of sp³-hybridized carbons (Fsp3) is 0.417. The Morgan fingerprint density at radius 3 is 2.75 bits per heavy atom. The van der Waals surface area contributed by atoms with Gasteiger partial charge in [0.1, 0.15) is 5.75 Å². The van der Waals surface area contributed by atoms with Gasteiger partial charge in [0.25, 0.3) is 5.91 Å². The van der Waals surface area contributed by atoms with Crippen LogP contribution in [0.1, 0.15) is 23.2 Å². The summed E-state index contributed by atoms with van der Waals surface area (Å²) in [5.41, 5.74) is 0.241. The molecule has 4 heteroatoms. The predicted molar refractivity (Wildman–Crippen MR) is 59.2 cm³/mol. The average Bonchev–Trinajstić information content (AvgIpc) is 3.10. The number of benzene rings is 1. The Morgan fingerprint density at radius 2 is 2.12 bits per heavy atom. The molecular formula is C12H15NO3. The molecule has 4 nitrogen and oxygen atoms in total. The van der Waals surface area contributed by atoms with Crippen molar-refractivity contribution in [3.05, 3.63) is 29.8 Å². The normalized spacial score (nSPS) is 16.8. The number of aliphatic hydroxyl groups excluding tert-OH is 1. The summed E-state index contributed by atoms with van der Waals surface area (Å²) in [6.07, 6.45) is 1.61. The van der Waals surface area contributed by atoms with Crippen LogP contribution in [0, 0.1) is 5.92 Å². The van der Waals surface area contributed by atoms with E-state index in [-0.39, 0.29) is 23.8 Å². The number of phenolic OH excluding ortho intramolecular Hbond substituents is 1. The Balaban J connectivity index is 1.90. The highest BCUT2D eigenvalue weighted by molar-refractivity contribution is 5.96. The smallest absolute Gasteiger partial charge is 0.255 e. The highest BCUT2D eigenvalue weighted by Crippen LogP contribution is 2.32. The number of aromatic hydroxyl groups is 1. The third-order valence-electron chi connectivity index (χ3n) is 2.79. The van der Waals surface area contributed by atoms with Crippen LogP contribution < -0.4 is 5.32 Å². The van der Waals surface area contributed by atoms with Crippen LogP contribution in [0.5, 0.6) is 5.75 Å². The van der Waals surface area contributed by atoms with Gasteiger partial charge in [-0.05, 0) is 30.9 Å². The molecule has 1 aromatic rings. The number of carbonyl (C=O) groups excluding carboxylic acids is 1. The average molecular weight is 221 g/mol. The Morgan fingerprint density at radius 1 is 1.44 bits per heavy atom. The zero-order chi connectivity index (χ0) is 11.5. The van der Waals surface area contributed by atoms with E-state index < -0.39 is 6.10 Å². The standard InChI is InChI=1S/C12H15NO3/c14-10-4-2-1-3-9(10)12(16)13-7-11(15)8-5-6-8/h1-4,8,11,14-15H,5-7H2,(H,13,16). The lowest BCUT2D eigenvalue weighted by Gasteiger charge is -2.11. The van der Waals surface area contributed by atoms with Gasteiger partial charge in [0.05, 0.1) is 11.7 Å². The van der Waals surface area contributed by atoms with Gasteiger partial charge in [-0.2, -0.15) is 0 Å². The Kier molecular flexibility index (Phi) is 3.10. The maximum absolute atomic E-state index is 11.6. The number of aliphatic hydroxyl groups is 1. The summed E-state index contributed by atoms with van der Waals surface area (Å²) in [6, 6.07) is 6.36. The highest BCUT2D eigenvalue weighted by Gasteiger charge is 2.29. The molecule has 1 unspecified atom stereocenters. The SMILES string of the molecule is O=C(NCC(O)C1CC1)c1ccccc1O. The monoisotopic (exact) mass is 221 g/mol. The summed E-state index contributed by atoms with van der Waals surface area (Å²) in [5, 5.41) is 21.6. The quantitative estimate of drug-likeness (QED) is 0.707. The van der Waals surface area contributed by atoms with E-state index in [1.54, 1.807) is 18.2 Å². The summed E-state index contributed by atoms with van der Waals surface area (Å²) < 4.78 is 0. The van der Waals surface area contributed by atoms with Crippen LogP contribution in [-0.2, 0) is 0 Å². The minimum absolute atomic E-state index is 0.0408. The van der Waals surface area contributed by atoms with E-state index in [1.807, 2.05) is 0 Å². The van der Waals surface area contributed by atoms with Gasteiger partial charge in [-0.25, -0.2) is 0 Å². The van der Waals surface area contributed by atoms with Crippen molar-refractivity contribution >= 4 is 5.91 Å². The first-order valence-corrected chi connectivity index (χ1v) is 5.42. The number of carbonyl (C=O) groups is 1. The lowest BCUT2D eigenvalue weighted by atomic mass is 10.2. The highest BCUT2D eigenvalue weighted by atomic mass is 16.3. The summed E-state index contributed by atoms with van der Waals surface area (Å²) in [5.74, 6) is -0.0524. The number of hydrogen-bond donors (Lipinski definition) is 3. The third-order valence-corrected chi connectivity index (χ3v) is 2.79. The molecule has 1 aromatic carbocycles. The summed E-state index contributed by atoms with van der Waals surface area (Å²) >= 11 is 0. The molecular weight excluding hydrogens is 206 g/mol. The Labute approximate surface area is 93.9 Å². The molecule has 86 valence electrons. The van der Waals surface area contributed by atoms with Gasteiger partial charge in [0.2, 0.25) is 0 Å². The molecule has 1 fully saturated rings. The number of phenols is 1. The zero-order valence-corrected chi connectivity index (χ0v) is 8.89. The van der Waals surface area contributed by atoms with E-state index in [1.165, 1.54) is 6.07 Å². The molecule has 0 saturated heterocycles. The second-order valence-corrected chi connectivity index (χ2v) is 4.13. The van der Waals surface area contributed by atoms with Crippen LogP contribution in [0.2, 0.25) is 0 Å². The van der Waals surface area contributed by atoms with Gasteiger partial charge in [0, 0.05) is 6.54 Å². The molecule has 3 N–H and O–H groups in total. The minimum Gasteiger partial charge on any atom is -0.507 e. The lowest BCUT2D eigenvalue weighted by Crippen LogP contribution is -2.33. The molecule has 0 spiro atoms. The van der Waals surface area contributed by atoms with Gasteiger partial charge < -0.3 is 15.5 Å². The largest absolute Gasteiger partial charge is 0.507 e. The first kappa shape index (κ1) is 11.0. The van der Waals surface area contributed by atoms with E-state index in [0.29, 0.717) is 5.92 Å². The second kappa shape index (κ2) is 4.53. The maximum atomic E-state index is 11.6. The fourth-order valence-corrected chi connectivity index (χ4v) is 1.61. The Hall–Kier alpha value is -1.55. The van der Waals surface area contributed by atoms with E-state index in [2.05, 4.69) is 5.32 Å². The van der Waals surface area contributed by atoms with Crippen molar-refractivity contribution in [3.8, 4) is 5.75 Å². The zero-order valence-electron chi connectivity index (χ0n) is 8.89. The molecule has 1 saturated carbocycles. The van der Waals surface area contributed by atoms with E-state index in [4.69, 9.17) is 0 Å². The van der Waals surface area contributed by atoms with E-state index >= 15 is 0 Å². The maximum Gasteiger partial charge on any atom is 0.255 e. The van der Waals surface area contributed by atoms with Crippen LogP contribution in [-0.4, -0.2) is 28.8 Å².